The summed E-state index contributed by atoms with van der Waals surface area (Å²) in [4.78, 5) is 27.3. The molecule has 0 radical (unpaired) electrons. The van der Waals surface area contributed by atoms with Crippen molar-refractivity contribution in [1.82, 2.24) is 0 Å². The zero-order chi connectivity index (χ0) is 30.4. The van der Waals surface area contributed by atoms with Gasteiger partial charge in [-0.1, -0.05) is 23.7 Å². The molecule has 0 saturated heterocycles. The summed E-state index contributed by atoms with van der Waals surface area (Å²) >= 11 is 18.7. The molecule has 0 spiro atoms. The molecule has 4 rings (SSSR count). The number of hydrogen-bond acceptors (Lipinski definition) is 3. The molecule has 0 unspecified atom stereocenters. The first kappa shape index (κ1) is 30.5. The third-order valence-corrected chi connectivity index (χ3v) is 7.68. The van der Waals surface area contributed by atoms with Crippen LogP contribution in [0.3, 0.4) is 0 Å². The number of carbonyl (C=O) groups excluding carboxylic acids is 2. The van der Waals surface area contributed by atoms with Crippen molar-refractivity contribution in [3.63, 3.8) is 0 Å². The van der Waals surface area contributed by atoms with E-state index in [4.69, 9.17) is 40.5 Å². The van der Waals surface area contributed by atoms with Crippen LogP contribution in [0.1, 0.15) is 27.4 Å². The highest BCUT2D eigenvalue weighted by Gasteiger charge is 2.67. The fourth-order valence-electron chi connectivity index (χ4n) is 4.34. The van der Waals surface area contributed by atoms with E-state index in [-0.39, 0.29) is 34.1 Å². The monoisotopic (exact) mass is 635 g/mol. The Kier molecular flexibility index (Phi) is 8.28. The molecule has 1 saturated carbocycles. The molecule has 216 valence electrons. The van der Waals surface area contributed by atoms with E-state index < -0.39 is 62.9 Å². The molecule has 0 bridgehead atoms. The normalized spacial score (nSPS) is 17.6. The van der Waals surface area contributed by atoms with Gasteiger partial charge in [-0.2, -0.15) is 13.2 Å². The number of amides is 2. The van der Waals surface area contributed by atoms with Crippen molar-refractivity contribution >= 4 is 63.7 Å². The van der Waals surface area contributed by atoms with Crippen molar-refractivity contribution < 1.29 is 35.9 Å². The minimum Gasteiger partial charge on any atom is -0.394 e. The summed E-state index contributed by atoms with van der Waals surface area (Å²) in [5, 5.41) is 2.39. The molecular weight excluding hydrogens is 619 g/mol. The number of halogens is 9. The number of carbonyl (C=O) groups is 2. The molecule has 0 aliphatic heterocycles. The minimum atomic E-state index is -4.98. The van der Waals surface area contributed by atoms with Gasteiger partial charge in [0, 0.05) is 18.2 Å². The standard InChI is InChI=1S/C27H18Cl3F6N3O2/c1-2-9-39(19-8-7-18(32)23(37)22(19)33)25(41)14-11-13(4-5-16(14)28)38-24(40)21-20(26(21,29)30)12-3-6-17(31)15(10-12)27(34,35)36/h2-8,10-11,20-21H,1,9,37H2,(H,38,40)/t20-,21+/m0/s1. The molecule has 14 heteroatoms. The van der Waals surface area contributed by atoms with Crippen molar-refractivity contribution in [3.8, 4) is 0 Å². The number of nitrogens with two attached hydrogens (primary N) is 1. The molecule has 5 nitrogen and oxygen atoms in total. The van der Waals surface area contributed by atoms with Crippen LogP contribution in [-0.4, -0.2) is 22.7 Å². The fourth-order valence-corrected chi connectivity index (χ4v) is 5.37. The maximum absolute atomic E-state index is 14.7. The van der Waals surface area contributed by atoms with E-state index in [1.165, 1.54) is 24.3 Å². The second-order valence-electron chi connectivity index (χ2n) is 9.05. The smallest absolute Gasteiger partial charge is 0.394 e. The maximum Gasteiger partial charge on any atom is 0.419 e. The second kappa shape index (κ2) is 11.1. The molecule has 3 N–H and O–H groups in total. The molecule has 0 aromatic heterocycles. The van der Waals surface area contributed by atoms with Gasteiger partial charge in [0.15, 0.2) is 5.82 Å². The molecule has 2 amide bonds. The molecule has 1 fully saturated rings. The average molecular weight is 637 g/mol. The Balaban J connectivity index is 1.60. The van der Waals surface area contributed by atoms with Gasteiger partial charge in [-0.25, -0.2) is 13.2 Å². The van der Waals surface area contributed by atoms with E-state index in [2.05, 4.69) is 11.9 Å². The summed E-state index contributed by atoms with van der Waals surface area (Å²) in [6.07, 6.45) is -3.70. The molecule has 1 aliphatic carbocycles. The largest absolute Gasteiger partial charge is 0.419 e. The summed E-state index contributed by atoms with van der Waals surface area (Å²) in [7, 11) is 0. The highest BCUT2D eigenvalue weighted by atomic mass is 35.5. The summed E-state index contributed by atoms with van der Waals surface area (Å²) in [6, 6.07) is 7.86. The Morgan fingerprint density at radius 2 is 1.71 bits per heavy atom. The van der Waals surface area contributed by atoms with Crippen molar-refractivity contribution in [2.75, 3.05) is 22.5 Å². The van der Waals surface area contributed by atoms with Gasteiger partial charge in [-0.05, 0) is 48.0 Å². The predicted octanol–water partition coefficient (Wildman–Crippen LogP) is 7.72. The number of benzene rings is 3. The van der Waals surface area contributed by atoms with E-state index in [1.807, 2.05) is 0 Å². The molecule has 3 aromatic carbocycles. The molecule has 1 aliphatic rings. The molecule has 2 atom stereocenters. The number of hydrogen-bond donors (Lipinski definition) is 2. The number of alkyl halides is 5. The Labute approximate surface area is 244 Å². The van der Waals surface area contributed by atoms with Crippen molar-refractivity contribution in [2.45, 2.75) is 16.4 Å². The van der Waals surface area contributed by atoms with Gasteiger partial charge >= 0.3 is 6.18 Å². The summed E-state index contributed by atoms with van der Waals surface area (Å²) in [5.74, 6) is -7.70. The summed E-state index contributed by atoms with van der Waals surface area (Å²) in [5.41, 5.74) is 2.46. The predicted molar refractivity (Wildman–Crippen MR) is 145 cm³/mol. The number of nitrogens with zero attached hydrogens (tertiary/aromatic N) is 1. The first-order valence-corrected chi connectivity index (χ1v) is 12.7. The Bertz CT molecular complexity index is 1560. The van der Waals surface area contributed by atoms with Crippen molar-refractivity contribution in [1.29, 1.82) is 0 Å². The zero-order valence-corrected chi connectivity index (χ0v) is 22.8. The minimum absolute atomic E-state index is 0.0188. The summed E-state index contributed by atoms with van der Waals surface area (Å²) in [6.45, 7) is 3.30. The van der Waals surface area contributed by atoms with E-state index in [0.29, 0.717) is 12.1 Å². The number of nitrogens with one attached hydrogen (secondary N) is 1. The lowest BCUT2D eigenvalue weighted by atomic mass is 10.0. The Morgan fingerprint density at radius 3 is 2.34 bits per heavy atom. The van der Waals surface area contributed by atoms with Crippen LogP contribution in [0.5, 0.6) is 0 Å². The van der Waals surface area contributed by atoms with Gasteiger partial charge in [0.05, 0.1) is 27.8 Å². The Morgan fingerprint density at radius 1 is 1.05 bits per heavy atom. The number of anilines is 3. The molecule has 41 heavy (non-hydrogen) atoms. The first-order valence-electron chi connectivity index (χ1n) is 11.6. The number of nitrogen functional groups attached to an aromatic ring is 1. The fraction of sp³-hybridized carbons (Fsp3) is 0.185. The van der Waals surface area contributed by atoms with Crippen molar-refractivity contribution in [3.05, 3.63) is 100 Å². The topological polar surface area (TPSA) is 75.4 Å². The summed E-state index contributed by atoms with van der Waals surface area (Å²) < 4.78 is 79.9. The lowest BCUT2D eigenvalue weighted by Crippen LogP contribution is -2.32. The van der Waals surface area contributed by atoms with Gasteiger partial charge in [-0.3, -0.25) is 9.59 Å². The lowest BCUT2D eigenvalue weighted by Gasteiger charge is -2.23. The van der Waals surface area contributed by atoms with Crippen LogP contribution in [0.2, 0.25) is 5.02 Å². The van der Waals surface area contributed by atoms with Crippen LogP contribution >= 0.6 is 34.8 Å². The molecular formula is C27H18Cl3F6N3O2. The van der Waals surface area contributed by atoms with Gasteiger partial charge in [0.25, 0.3) is 5.91 Å². The second-order valence-corrected chi connectivity index (χ2v) is 10.9. The van der Waals surface area contributed by atoms with E-state index in [9.17, 15) is 35.9 Å². The lowest BCUT2D eigenvalue weighted by molar-refractivity contribution is -0.140. The van der Waals surface area contributed by atoms with Crippen LogP contribution in [0.25, 0.3) is 0 Å². The maximum atomic E-state index is 14.7. The van der Waals surface area contributed by atoms with Crippen LogP contribution in [0.4, 0.5) is 43.4 Å². The van der Waals surface area contributed by atoms with Gasteiger partial charge in [0.2, 0.25) is 5.91 Å². The average Bonchev–Trinajstić information content (AvgIpc) is 3.48. The third kappa shape index (κ3) is 5.84. The van der Waals surface area contributed by atoms with E-state index >= 15 is 0 Å². The van der Waals surface area contributed by atoms with Crippen LogP contribution < -0.4 is 16.0 Å². The van der Waals surface area contributed by atoms with E-state index in [0.717, 1.165) is 23.1 Å². The highest BCUT2D eigenvalue weighted by molar-refractivity contribution is 6.53. The first-order chi connectivity index (χ1) is 19.1. The van der Waals surface area contributed by atoms with E-state index in [1.54, 1.807) is 0 Å². The molecule has 3 aromatic rings. The third-order valence-electron chi connectivity index (χ3n) is 6.41. The van der Waals surface area contributed by atoms with Crippen LogP contribution in [0, 0.1) is 23.4 Å². The van der Waals surface area contributed by atoms with Gasteiger partial charge < -0.3 is 16.0 Å². The van der Waals surface area contributed by atoms with Crippen LogP contribution in [0.15, 0.2) is 61.2 Å². The van der Waals surface area contributed by atoms with Crippen LogP contribution in [-0.2, 0) is 11.0 Å². The van der Waals surface area contributed by atoms with Crippen molar-refractivity contribution in [2.24, 2.45) is 5.92 Å². The Hall–Kier alpha value is -3.41. The number of rotatable bonds is 7. The molecule has 0 heterocycles. The SMILES string of the molecule is C=CCN(C(=O)c1cc(NC(=O)[C@H]2[C@H](c3ccc(F)c(C(F)(F)F)c3)C2(Cl)Cl)ccc1Cl)c1ccc(F)c(N)c1F. The van der Waals surface area contributed by atoms with Gasteiger partial charge in [0.1, 0.15) is 21.7 Å². The highest BCUT2D eigenvalue weighted by Crippen LogP contribution is 2.65. The quantitative estimate of drug-likeness (QED) is 0.121. The van der Waals surface area contributed by atoms with Gasteiger partial charge in [-0.15, -0.1) is 29.8 Å². The zero-order valence-electron chi connectivity index (χ0n) is 20.5.